The number of allylic oxidation sites excluding steroid dienone is 1. The zero-order valence-electron chi connectivity index (χ0n) is 12.7. The third-order valence-electron chi connectivity index (χ3n) is 4.28. The highest BCUT2D eigenvalue weighted by Gasteiger charge is 2.33. The van der Waals surface area contributed by atoms with E-state index in [0.29, 0.717) is 24.1 Å². The summed E-state index contributed by atoms with van der Waals surface area (Å²) in [5.74, 6) is 1.03. The second-order valence-corrected chi connectivity index (χ2v) is 7.70. The number of aliphatic imine (C=N–C) groups is 1. The second-order valence-electron chi connectivity index (χ2n) is 6.07. The number of aromatic nitrogens is 1. The van der Waals surface area contributed by atoms with Gasteiger partial charge >= 0.3 is 5.69 Å². The van der Waals surface area contributed by atoms with E-state index in [2.05, 4.69) is 27.4 Å². The molecule has 3 heterocycles. The van der Waals surface area contributed by atoms with Gasteiger partial charge in [0.25, 0.3) is 0 Å². The zero-order chi connectivity index (χ0) is 16.7. The Bertz CT molecular complexity index is 788. The minimum Gasteiger partial charge on any atom is -0.375 e. The molecule has 2 aliphatic heterocycles. The van der Waals surface area contributed by atoms with Crippen LogP contribution in [0.2, 0.25) is 5.15 Å². The summed E-state index contributed by atoms with van der Waals surface area (Å²) in [5, 5.41) is 14.6. The summed E-state index contributed by atoms with van der Waals surface area (Å²) in [5.41, 5.74) is 1.67. The number of hydrogen-bond donors (Lipinski definition) is 1. The van der Waals surface area contributed by atoms with Crippen LogP contribution in [0.25, 0.3) is 0 Å². The van der Waals surface area contributed by atoms with Crippen molar-refractivity contribution < 1.29 is 4.92 Å². The zero-order valence-corrected chi connectivity index (χ0v) is 14.3. The summed E-state index contributed by atoms with van der Waals surface area (Å²) in [4.78, 5) is 20.2. The van der Waals surface area contributed by atoms with Crippen LogP contribution in [0.1, 0.15) is 12.8 Å². The molecule has 3 aliphatic rings. The monoisotopic (exact) mass is 362 g/mol. The van der Waals surface area contributed by atoms with E-state index >= 15 is 0 Å². The Morgan fingerprint density at radius 2 is 2.25 bits per heavy atom. The molecule has 24 heavy (non-hydrogen) atoms. The summed E-state index contributed by atoms with van der Waals surface area (Å²) < 4.78 is 0. The molecule has 4 rings (SSSR count). The van der Waals surface area contributed by atoms with Gasteiger partial charge in [0.15, 0.2) is 0 Å². The molecule has 2 atom stereocenters. The first kappa shape index (κ1) is 15.7. The smallest absolute Gasteiger partial charge is 0.310 e. The molecule has 0 amide bonds. The van der Waals surface area contributed by atoms with Crippen molar-refractivity contribution >= 4 is 41.0 Å². The first-order valence-corrected chi connectivity index (χ1v) is 9.02. The third-order valence-corrected chi connectivity index (χ3v) is 5.75. The van der Waals surface area contributed by atoms with Gasteiger partial charge in [-0.25, -0.2) is 4.98 Å². The predicted molar refractivity (Wildman–Crippen MR) is 96.6 cm³/mol. The highest BCUT2D eigenvalue weighted by atomic mass is 35.5. The lowest BCUT2D eigenvalue weighted by molar-refractivity contribution is -0.384. The van der Waals surface area contributed by atoms with Crippen molar-refractivity contribution in [1.82, 2.24) is 4.98 Å². The molecule has 0 spiro atoms. The van der Waals surface area contributed by atoms with Gasteiger partial charge in [-0.3, -0.25) is 15.1 Å². The maximum absolute atomic E-state index is 11.1. The fraction of sp³-hybridized carbons (Fsp3) is 0.375. The molecule has 2 unspecified atom stereocenters. The number of pyridine rings is 1. The fourth-order valence-electron chi connectivity index (χ4n) is 2.91. The molecule has 0 saturated heterocycles. The average Bonchev–Trinajstić information content (AvgIpc) is 3.32. The van der Waals surface area contributed by atoms with Crippen molar-refractivity contribution in [2.75, 3.05) is 11.9 Å². The number of halogens is 1. The highest BCUT2D eigenvalue weighted by molar-refractivity contribution is 8.04. The van der Waals surface area contributed by atoms with E-state index in [0.717, 1.165) is 4.91 Å². The van der Waals surface area contributed by atoms with Gasteiger partial charge in [-0.1, -0.05) is 23.8 Å². The molecule has 1 saturated carbocycles. The number of fused-ring (bicyclic) bond motifs is 1. The molecule has 1 aliphatic carbocycles. The topological polar surface area (TPSA) is 80.4 Å². The van der Waals surface area contributed by atoms with Crippen LogP contribution in [0.3, 0.4) is 0 Å². The number of thioether (sulfide) groups is 1. The highest BCUT2D eigenvalue weighted by Crippen LogP contribution is 2.44. The van der Waals surface area contributed by atoms with Crippen molar-refractivity contribution in [3.63, 3.8) is 0 Å². The Labute approximate surface area is 148 Å². The Balaban J connectivity index is 1.46. The number of dihydropyridines is 1. The SMILES string of the molecule is O=[N+]([O-])c1cnc(Cl)cc1NCC1=CC2C=C(C3CC3)C=NC2S1. The van der Waals surface area contributed by atoms with Crippen LogP contribution >= 0.6 is 23.4 Å². The summed E-state index contributed by atoms with van der Waals surface area (Å²) in [7, 11) is 0. The van der Waals surface area contributed by atoms with Crippen LogP contribution < -0.4 is 5.32 Å². The first-order valence-electron chi connectivity index (χ1n) is 7.76. The Hall–Kier alpha value is -1.86. The molecular weight excluding hydrogens is 348 g/mol. The van der Waals surface area contributed by atoms with E-state index in [9.17, 15) is 10.1 Å². The molecule has 124 valence electrons. The lowest BCUT2D eigenvalue weighted by atomic mass is 10.00. The van der Waals surface area contributed by atoms with Crippen LogP contribution in [0.5, 0.6) is 0 Å². The van der Waals surface area contributed by atoms with Gasteiger partial charge < -0.3 is 5.32 Å². The van der Waals surface area contributed by atoms with E-state index in [-0.39, 0.29) is 16.2 Å². The maximum atomic E-state index is 11.1. The molecule has 1 N–H and O–H groups in total. The van der Waals surface area contributed by atoms with E-state index in [1.807, 2.05) is 6.21 Å². The minimum absolute atomic E-state index is 0.0747. The standard InChI is InChI=1S/C16H15ClN4O2S/c17-15-5-13(14(8-19-15)21(22)23)18-7-12-4-10-3-11(9-1-2-9)6-20-16(10)24-12/h3-6,8-10,16H,1-2,7H2,(H,18,19). The van der Waals surface area contributed by atoms with Crippen LogP contribution in [0.4, 0.5) is 11.4 Å². The number of rotatable bonds is 5. The lowest BCUT2D eigenvalue weighted by Crippen LogP contribution is -2.13. The van der Waals surface area contributed by atoms with Gasteiger partial charge in [0.2, 0.25) is 0 Å². The van der Waals surface area contributed by atoms with E-state index < -0.39 is 4.92 Å². The normalized spacial score (nSPS) is 25.0. The van der Waals surface area contributed by atoms with Crippen molar-refractivity contribution in [2.45, 2.75) is 18.2 Å². The molecule has 1 fully saturated rings. The Morgan fingerprint density at radius 3 is 3.00 bits per heavy atom. The molecule has 8 heteroatoms. The number of hydrogen-bond acceptors (Lipinski definition) is 6. The van der Waals surface area contributed by atoms with Crippen LogP contribution in [-0.2, 0) is 0 Å². The lowest BCUT2D eigenvalue weighted by Gasteiger charge is -2.17. The van der Waals surface area contributed by atoms with E-state index in [4.69, 9.17) is 11.6 Å². The number of nitrogens with one attached hydrogen (secondary N) is 1. The van der Waals surface area contributed by atoms with Crippen molar-refractivity contribution in [3.8, 4) is 0 Å². The summed E-state index contributed by atoms with van der Waals surface area (Å²) >= 11 is 7.55. The second kappa shape index (κ2) is 6.22. The van der Waals surface area contributed by atoms with Crippen molar-refractivity contribution in [2.24, 2.45) is 16.8 Å². The number of nitro groups is 1. The Kier molecular flexibility index (Phi) is 4.05. The van der Waals surface area contributed by atoms with Gasteiger partial charge in [-0.05, 0) is 24.3 Å². The molecule has 0 aromatic carbocycles. The molecular formula is C16H15ClN4O2S. The van der Waals surface area contributed by atoms with E-state index in [1.54, 1.807) is 11.8 Å². The van der Waals surface area contributed by atoms with Crippen molar-refractivity contribution in [3.05, 3.63) is 50.2 Å². The fourth-order valence-corrected chi connectivity index (χ4v) is 4.20. The van der Waals surface area contributed by atoms with E-state index in [1.165, 1.54) is 30.7 Å². The maximum Gasteiger partial charge on any atom is 0.310 e. The van der Waals surface area contributed by atoms with Gasteiger partial charge in [-0.2, -0.15) is 0 Å². The molecule has 0 radical (unpaired) electrons. The largest absolute Gasteiger partial charge is 0.375 e. The predicted octanol–water partition coefficient (Wildman–Crippen LogP) is 4.05. The summed E-state index contributed by atoms with van der Waals surface area (Å²) in [6, 6.07) is 1.48. The quantitative estimate of drug-likeness (QED) is 0.485. The average molecular weight is 363 g/mol. The molecule has 1 aromatic rings. The van der Waals surface area contributed by atoms with Crippen LogP contribution in [-0.4, -0.2) is 28.0 Å². The number of anilines is 1. The van der Waals surface area contributed by atoms with Gasteiger partial charge in [0.1, 0.15) is 22.4 Å². The minimum atomic E-state index is -0.462. The van der Waals surface area contributed by atoms with Crippen LogP contribution in [0.15, 0.2) is 39.9 Å². The molecule has 0 bridgehead atoms. The summed E-state index contributed by atoms with van der Waals surface area (Å²) in [6.07, 6.45) is 10.3. The number of nitrogens with zero attached hydrogens (tertiary/aromatic N) is 3. The van der Waals surface area contributed by atoms with Gasteiger partial charge in [-0.15, -0.1) is 11.8 Å². The van der Waals surface area contributed by atoms with Gasteiger partial charge in [0, 0.05) is 29.6 Å². The molecule has 6 nitrogen and oxygen atoms in total. The van der Waals surface area contributed by atoms with Crippen LogP contribution in [0, 0.1) is 22.0 Å². The van der Waals surface area contributed by atoms with Crippen molar-refractivity contribution in [1.29, 1.82) is 0 Å². The third kappa shape index (κ3) is 3.18. The molecule has 1 aromatic heterocycles. The van der Waals surface area contributed by atoms with Gasteiger partial charge in [0.05, 0.1) is 4.92 Å². The first-order chi connectivity index (χ1) is 11.6. The Morgan fingerprint density at radius 1 is 1.42 bits per heavy atom. The summed E-state index contributed by atoms with van der Waals surface area (Å²) in [6.45, 7) is 0.515.